The van der Waals surface area contributed by atoms with Gasteiger partial charge >= 0.3 is 5.97 Å². The van der Waals surface area contributed by atoms with E-state index in [2.05, 4.69) is 43.5 Å². The van der Waals surface area contributed by atoms with Crippen LogP contribution >= 0.6 is 0 Å². The fraction of sp³-hybridized carbons (Fsp3) is 0.902. The highest BCUT2D eigenvalue weighted by Crippen LogP contribution is 2.20. The number of allylic oxidation sites excluding steroid dienone is 5. The van der Waals surface area contributed by atoms with Gasteiger partial charge in [-0.25, -0.2) is 0 Å². The van der Waals surface area contributed by atoms with Gasteiger partial charge in [0.25, 0.3) is 0 Å². The first-order chi connectivity index (χ1) is 43.5. The third-order valence-electron chi connectivity index (χ3n) is 18.9. The molecule has 0 fully saturated rings. The lowest BCUT2D eigenvalue weighted by atomic mass is 10.0. The Morgan fingerprint density at radius 3 is 0.807 bits per heavy atom. The minimum atomic E-state index is -0.844. The Balaban J connectivity index is 3.38. The Hall–Kier alpha value is -1.92. The van der Waals surface area contributed by atoms with E-state index in [0.29, 0.717) is 19.4 Å². The van der Waals surface area contributed by atoms with Crippen LogP contribution in [0.25, 0.3) is 0 Å². The molecule has 6 heteroatoms. The van der Waals surface area contributed by atoms with E-state index >= 15 is 0 Å². The van der Waals surface area contributed by atoms with E-state index in [1.165, 1.54) is 379 Å². The van der Waals surface area contributed by atoms with E-state index in [-0.39, 0.29) is 18.5 Å². The first-order valence-electron chi connectivity index (χ1n) is 40.3. The second-order valence-corrected chi connectivity index (χ2v) is 27.7. The molecule has 0 aliphatic rings. The van der Waals surface area contributed by atoms with Crippen LogP contribution in [0.2, 0.25) is 0 Å². The molecule has 0 rings (SSSR count). The van der Waals surface area contributed by atoms with Crippen molar-refractivity contribution in [3.8, 4) is 0 Å². The summed E-state index contributed by atoms with van der Waals surface area (Å²) in [4.78, 5) is 24.6. The zero-order chi connectivity index (χ0) is 63.5. The first kappa shape index (κ1) is 86.1. The lowest BCUT2D eigenvalue weighted by Crippen LogP contribution is -2.45. The van der Waals surface area contributed by atoms with Gasteiger partial charge in [-0.2, -0.15) is 0 Å². The van der Waals surface area contributed by atoms with Crippen molar-refractivity contribution in [1.82, 2.24) is 5.32 Å². The van der Waals surface area contributed by atoms with Gasteiger partial charge in [-0.05, 0) is 83.5 Å². The monoisotopic (exact) mass is 1240 g/mol. The van der Waals surface area contributed by atoms with Crippen molar-refractivity contribution in [2.24, 2.45) is 0 Å². The van der Waals surface area contributed by atoms with E-state index in [9.17, 15) is 19.8 Å². The minimum absolute atomic E-state index is 0.0106. The molecule has 6 nitrogen and oxygen atoms in total. The van der Waals surface area contributed by atoms with Gasteiger partial charge in [0, 0.05) is 12.8 Å². The Labute approximate surface area is 551 Å². The van der Waals surface area contributed by atoms with Gasteiger partial charge in [0.2, 0.25) is 5.91 Å². The third kappa shape index (κ3) is 73.1. The Morgan fingerprint density at radius 2 is 0.534 bits per heavy atom. The standard InChI is InChI=1S/C82H157NO5/c1-3-5-7-9-11-13-15-17-19-20-21-22-23-35-38-41-44-47-50-54-58-62-66-70-74-80(85)79(78-84)83-81(86)75-71-67-63-59-55-51-48-45-42-39-36-33-31-29-27-25-24-26-28-30-32-34-37-40-43-46-49-53-57-61-65-69-73-77-88-82(87)76-72-68-64-60-56-52-18-16-14-12-10-8-6-4-2/h16,18,28,30,70,74,79-80,84-85H,3-15,17,19-27,29,31-69,71-73,75-78H2,1-2H3,(H,83,86)/b18-16-,30-28-,74-70+. The number of rotatable bonds is 76. The molecule has 0 aromatic heterocycles. The van der Waals surface area contributed by atoms with Gasteiger partial charge in [-0.3, -0.25) is 9.59 Å². The lowest BCUT2D eigenvalue weighted by Gasteiger charge is -2.20. The van der Waals surface area contributed by atoms with Crippen LogP contribution in [0.1, 0.15) is 450 Å². The average Bonchev–Trinajstić information content (AvgIpc) is 3.58. The molecular weight excluding hydrogens is 1080 g/mol. The van der Waals surface area contributed by atoms with Crippen molar-refractivity contribution in [3.63, 3.8) is 0 Å². The number of carbonyl (C=O) groups is 2. The highest BCUT2D eigenvalue weighted by molar-refractivity contribution is 5.76. The molecule has 0 saturated heterocycles. The SMILES string of the molecule is CCCCCCC/C=C\CCCCCCCC(=O)OCCCCCCCCCCCCCC/C=C\CCCCCCCCCCCCCCCCCCCC(=O)NC(CO)C(O)/C=C/CCCCCCCCCCCCCCCCCCCCCCCC. The zero-order valence-electron chi connectivity index (χ0n) is 59.7. The van der Waals surface area contributed by atoms with E-state index in [0.717, 1.165) is 44.9 Å². The highest BCUT2D eigenvalue weighted by atomic mass is 16.5. The molecule has 0 radical (unpaired) electrons. The largest absolute Gasteiger partial charge is 0.466 e. The van der Waals surface area contributed by atoms with Crippen molar-refractivity contribution < 1.29 is 24.5 Å². The van der Waals surface area contributed by atoms with E-state index < -0.39 is 12.1 Å². The number of aliphatic hydroxyl groups excluding tert-OH is 2. The summed E-state index contributed by atoms with van der Waals surface area (Å²) in [6.45, 7) is 4.94. The number of esters is 1. The topological polar surface area (TPSA) is 95.9 Å². The first-order valence-corrected chi connectivity index (χ1v) is 40.3. The van der Waals surface area contributed by atoms with Gasteiger partial charge in [0.1, 0.15) is 0 Å². The number of aliphatic hydroxyl groups is 2. The molecule has 1 amide bonds. The van der Waals surface area contributed by atoms with Gasteiger partial charge in [0.15, 0.2) is 0 Å². The molecule has 0 heterocycles. The molecule has 0 bridgehead atoms. The molecule has 2 unspecified atom stereocenters. The molecule has 0 aliphatic carbocycles. The van der Waals surface area contributed by atoms with Crippen LogP contribution in [0.4, 0.5) is 0 Å². The number of carbonyl (C=O) groups excluding carboxylic acids is 2. The molecule has 88 heavy (non-hydrogen) atoms. The highest BCUT2D eigenvalue weighted by Gasteiger charge is 2.18. The van der Waals surface area contributed by atoms with Crippen LogP contribution in [0, 0.1) is 0 Å². The minimum Gasteiger partial charge on any atom is -0.466 e. The maximum absolute atomic E-state index is 12.6. The number of amides is 1. The summed E-state index contributed by atoms with van der Waals surface area (Å²) < 4.78 is 5.49. The molecule has 520 valence electrons. The van der Waals surface area contributed by atoms with Crippen LogP contribution in [0.15, 0.2) is 36.5 Å². The van der Waals surface area contributed by atoms with Crippen LogP contribution in [0.3, 0.4) is 0 Å². The smallest absolute Gasteiger partial charge is 0.305 e. The predicted octanol–water partition coefficient (Wildman–Crippen LogP) is 26.6. The van der Waals surface area contributed by atoms with Crippen molar-refractivity contribution in [2.45, 2.75) is 463 Å². The molecule has 2 atom stereocenters. The molecular formula is C82H157NO5. The van der Waals surface area contributed by atoms with Crippen LogP contribution in [-0.2, 0) is 14.3 Å². The Morgan fingerprint density at radius 1 is 0.307 bits per heavy atom. The van der Waals surface area contributed by atoms with Gasteiger partial charge in [-0.1, -0.05) is 391 Å². The molecule has 0 spiro atoms. The van der Waals surface area contributed by atoms with Gasteiger partial charge in [-0.15, -0.1) is 0 Å². The average molecular weight is 1240 g/mol. The van der Waals surface area contributed by atoms with Crippen LogP contribution in [0.5, 0.6) is 0 Å². The van der Waals surface area contributed by atoms with Gasteiger partial charge in [0.05, 0.1) is 25.4 Å². The maximum Gasteiger partial charge on any atom is 0.305 e. The molecule has 0 saturated carbocycles. The maximum atomic E-state index is 12.6. The van der Waals surface area contributed by atoms with Crippen molar-refractivity contribution >= 4 is 11.9 Å². The quantitative estimate of drug-likeness (QED) is 0.0320. The number of ether oxygens (including phenoxy) is 1. The summed E-state index contributed by atoms with van der Waals surface area (Å²) in [6, 6.07) is -0.627. The second kappa shape index (κ2) is 77.5. The third-order valence-corrected chi connectivity index (χ3v) is 18.9. The Bertz CT molecular complexity index is 1430. The molecule has 0 aromatic rings. The van der Waals surface area contributed by atoms with Gasteiger partial charge < -0.3 is 20.3 Å². The predicted molar refractivity (Wildman–Crippen MR) is 389 cm³/mol. The number of hydrogen-bond acceptors (Lipinski definition) is 5. The lowest BCUT2D eigenvalue weighted by molar-refractivity contribution is -0.143. The zero-order valence-corrected chi connectivity index (χ0v) is 59.7. The molecule has 0 aromatic carbocycles. The van der Waals surface area contributed by atoms with E-state index in [1.807, 2.05) is 6.08 Å². The van der Waals surface area contributed by atoms with Crippen LogP contribution < -0.4 is 5.32 Å². The summed E-state index contributed by atoms with van der Waals surface area (Å²) in [6.07, 6.45) is 101. The van der Waals surface area contributed by atoms with E-state index in [4.69, 9.17) is 4.74 Å². The van der Waals surface area contributed by atoms with Crippen LogP contribution in [-0.4, -0.2) is 47.4 Å². The summed E-state index contributed by atoms with van der Waals surface area (Å²) in [7, 11) is 0. The van der Waals surface area contributed by atoms with Crippen molar-refractivity contribution in [2.75, 3.05) is 13.2 Å². The van der Waals surface area contributed by atoms with Crippen molar-refractivity contribution in [3.05, 3.63) is 36.5 Å². The van der Waals surface area contributed by atoms with Crippen molar-refractivity contribution in [1.29, 1.82) is 0 Å². The summed E-state index contributed by atoms with van der Waals surface area (Å²) in [5.74, 6) is -0.0493. The number of unbranched alkanes of at least 4 members (excludes halogenated alkanes) is 61. The summed E-state index contributed by atoms with van der Waals surface area (Å²) in [5.41, 5.74) is 0. The second-order valence-electron chi connectivity index (χ2n) is 27.7. The number of hydrogen-bond donors (Lipinski definition) is 3. The normalized spacial score (nSPS) is 12.6. The fourth-order valence-electron chi connectivity index (χ4n) is 12.7. The molecule has 0 aliphatic heterocycles. The summed E-state index contributed by atoms with van der Waals surface area (Å²) in [5, 5.41) is 23.3. The molecule has 3 N–H and O–H groups in total. The summed E-state index contributed by atoms with van der Waals surface area (Å²) >= 11 is 0. The fourth-order valence-corrected chi connectivity index (χ4v) is 12.7. The number of nitrogens with one attached hydrogen (secondary N) is 1. The van der Waals surface area contributed by atoms with E-state index in [1.54, 1.807) is 6.08 Å². The Kier molecular flexibility index (Phi) is 75.8.